The third kappa shape index (κ3) is 1.78. The van der Waals surface area contributed by atoms with E-state index in [4.69, 9.17) is 5.73 Å². The highest BCUT2D eigenvalue weighted by molar-refractivity contribution is 5.71. The number of nitrogens with two attached hydrogens (primary N) is 1. The molecule has 4 heteroatoms. The molecule has 0 spiro atoms. The van der Waals surface area contributed by atoms with Crippen LogP contribution in [0.1, 0.15) is 18.3 Å². The first-order chi connectivity index (χ1) is 7.61. The molecule has 3 N–H and O–H groups in total. The maximum Gasteiger partial charge on any atom is 0.139 e. The van der Waals surface area contributed by atoms with Crippen LogP contribution in [-0.2, 0) is 6.42 Å². The van der Waals surface area contributed by atoms with E-state index >= 15 is 0 Å². The van der Waals surface area contributed by atoms with Gasteiger partial charge in [-0.05, 0) is 31.5 Å². The Bertz CT molecular complexity index is 517. The van der Waals surface area contributed by atoms with Crippen LogP contribution in [0.2, 0.25) is 0 Å². The van der Waals surface area contributed by atoms with Crippen molar-refractivity contribution < 1.29 is 4.39 Å². The average Bonchev–Trinajstić information content (AvgIpc) is 2.59. The smallest absolute Gasteiger partial charge is 0.139 e. The molecular weight excluding hydrogens is 205 g/mol. The quantitative estimate of drug-likeness (QED) is 0.763. The third-order valence-corrected chi connectivity index (χ3v) is 2.59. The van der Waals surface area contributed by atoms with Crippen LogP contribution in [0.3, 0.4) is 0 Å². The molecule has 1 aromatic carbocycles. The van der Waals surface area contributed by atoms with Crippen LogP contribution in [0.25, 0.3) is 11.4 Å². The van der Waals surface area contributed by atoms with Crippen molar-refractivity contribution in [3.05, 3.63) is 35.4 Å². The first-order valence-corrected chi connectivity index (χ1v) is 5.22. The molecule has 0 bridgehead atoms. The van der Waals surface area contributed by atoms with Crippen LogP contribution in [0.15, 0.2) is 18.2 Å². The van der Waals surface area contributed by atoms with E-state index in [1.165, 1.54) is 12.1 Å². The predicted octanol–water partition coefficient (Wildman–Crippen LogP) is 2.67. The highest BCUT2D eigenvalue weighted by Crippen LogP contribution is 2.25. The Labute approximate surface area is 93.5 Å². The molecular formula is C12H14FN3. The number of H-pyrrole nitrogens is 1. The summed E-state index contributed by atoms with van der Waals surface area (Å²) in [5.74, 6) is 0.368. The van der Waals surface area contributed by atoms with Gasteiger partial charge in [-0.1, -0.05) is 6.92 Å². The van der Waals surface area contributed by atoms with Crippen molar-refractivity contribution >= 4 is 5.69 Å². The van der Waals surface area contributed by atoms with E-state index in [9.17, 15) is 4.39 Å². The van der Waals surface area contributed by atoms with Crippen LogP contribution >= 0.6 is 0 Å². The molecule has 0 fully saturated rings. The van der Waals surface area contributed by atoms with Crippen molar-refractivity contribution in [3.63, 3.8) is 0 Å². The van der Waals surface area contributed by atoms with Crippen molar-refractivity contribution in [3.8, 4) is 11.4 Å². The lowest BCUT2D eigenvalue weighted by Gasteiger charge is -2.01. The summed E-state index contributed by atoms with van der Waals surface area (Å²) in [4.78, 5) is 7.59. The number of anilines is 1. The summed E-state index contributed by atoms with van der Waals surface area (Å²) in [5, 5.41) is 0. The molecule has 16 heavy (non-hydrogen) atoms. The second-order valence-electron chi connectivity index (χ2n) is 3.74. The van der Waals surface area contributed by atoms with Gasteiger partial charge in [0.2, 0.25) is 0 Å². The van der Waals surface area contributed by atoms with Crippen LogP contribution in [0.4, 0.5) is 10.1 Å². The molecule has 84 valence electrons. The van der Waals surface area contributed by atoms with E-state index in [2.05, 4.69) is 9.97 Å². The molecule has 0 amide bonds. The number of benzene rings is 1. The van der Waals surface area contributed by atoms with E-state index in [1.54, 1.807) is 6.07 Å². The Hall–Kier alpha value is -1.84. The Morgan fingerprint density at radius 3 is 2.75 bits per heavy atom. The standard InChI is InChI=1S/C12H14FN3/c1-3-11-7(2)15-12(16-11)9-5-4-8(13)6-10(9)14/h4-6H,3,14H2,1-2H3,(H,15,16). The SMILES string of the molecule is CCc1nc(-c2ccc(F)cc2N)[nH]c1C. The van der Waals surface area contributed by atoms with Crippen molar-refractivity contribution in [2.75, 3.05) is 5.73 Å². The Balaban J connectivity index is 2.50. The van der Waals surface area contributed by atoms with Crippen LogP contribution in [0.5, 0.6) is 0 Å². The Kier molecular flexibility index (Phi) is 2.64. The number of nitrogens with zero attached hydrogens (tertiary/aromatic N) is 1. The number of nitrogen functional groups attached to an aromatic ring is 1. The first-order valence-electron chi connectivity index (χ1n) is 5.22. The van der Waals surface area contributed by atoms with Gasteiger partial charge in [-0.25, -0.2) is 9.37 Å². The molecule has 0 saturated heterocycles. The lowest BCUT2D eigenvalue weighted by atomic mass is 10.1. The van der Waals surface area contributed by atoms with Gasteiger partial charge >= 0.3 is 0 Å². The minimum atomic E-state index is -0.333. The summed E-state index contributed by atoms with van der Waals surface area (Å²) in [5.41, 5.74) is 8.94. The van der Waals surface area contributed by atoms with Gasteiger partial charge in [-0.3, -0.25) is 0 Å². The second kappa shape index (κ2) is 3.96. The molecule has 0 radical (unpaired) electrons. The topological polar surface area (TPSA) is 54.7 Å². The highest BCUT2D eigenvalue weighted by atomic mass is 19.1. The molecule has 0 saturated carbocycles. The van der Waals surface area contributed by atoms with Gasteiger partial charge in [0.15, 0.2) is 0 Å². The number of imidazole rings is 1. The largest absolute Gasteiger partial charge is 0.398 e. The first kappa shape index (κ1) is 10.7. The van der Waals surface area contributed by atoms with E-state index < -0.39 is 0 Å². The number of nitrogens with one attached hydrogen (secondary N) is 1. The van der Waals surface area contributed by atoms with Crippen LogP contribution in [-0.4, -0.2) is 9.97 Å². The maximum atomic E-state index is 12.9. The van der Waals surface area contributed by atoms with E-state index in [-0.39, 0.29) is 5.82 Å². The summed E-state index contributed by atoms with van der Waals surface area (Å²) in [6, 6.07) is 4.33. The van der Waals surface area contributed by atoms with Gasteiger partial charge in [0.05, 0.1) is 5.69 Å². The van der Waals surface area contributed by atoms with Gasteiger partial charge in [0.25, 0.3) is 0 Å². The van der Waals surface area contributed by atoms with E-state index in [1.807, 2.05) is 13.8 Å². The van der Waals surface area contributed by atoms with Gasteiger partial charge < -0.3 is 10.7 Å². The van der Waals surface area contributed by atoms with Crippen molar-refractivity contribution in [2.24, 2.45) is 0 Å². The average molecular weight is 219 g/mol. The van der Waals surface area contributed by atoms with Crippen LogP contribution < -0.4 is 5.73 Å². The summed E-state index contributed by atoms with van der Waals surface area (Å²) in [6.07, 6.45) is 0.865. The van der Waals surface area contributed by atoms with Crippen LogP contribution in [0, 0.1) is 12.7 Å². The van der Waals surface area contributed by atoms with Gasteiger partial charge in [0.1, 0.15) is 11.6 Å². The summed E-state index contributed by atoms with van der Waals surface area (Å²) in [7, 11) is 0. The fraction of sp³-hybridized carbons (Fsp3) is 0.250. The molecule has 1 aromatic heterocycles. The number of aromatic nitrogens is 2. The van der Waals surface area contributed by atoms with E-state index in [0.29, 0.717) is 11.5 Å². The lowest BCUT2D eigenvalue weighted by Crippen LogP contribution is -1.92. The Morgan fingerprint density at radius 1 is 1.44 bits per heavy atom. The number of aryl methyl sites for hydroxylation is 2. The second-order valence-corrected chi connectivity index (χ2v) is 3.74. The maximum absolute atomic E-state index is 12.9. The molecule has 0 aliphatic heterocycles. The number of hydrogen-bond acceptors (Lipinski definition) is 2. The monoisotopic (exact) mass is 219 g/mol. The number of rotatable bonds is 2. The lowest BCUT2D eigenvalue weighted by molar-refractivity contribution is 0.628. The molecule has 3 nitrogen and oxygen atoms in total. The zero-order valence-corrected chi connectivity index (χ0v) is 9.34. The molecule has 2 aromatic rings. The summed E-state index contributed by atoms with van der Waals surface area (Å²) >= 11 is 0. The molecule has 0 aliphatic carbocycles. The third-order valence-electron chi connectivity index (χ3n) is 2.59. The molecule has 2 rings (SSSR count). The number of hydrogen-bond donors (Lipinski definition) is 2. The van der Waals surface area contributed by atoms with Crippen molar-refractivity contribution in [1.29, 1.82) is 0 Å². The van der Waals surface area contributed by atoms with Gasteiger partial charge in [0, 0.05) is 16.9 Å². The van der Waals surface area contributed by atoms with E-state index in [0.717, 1.165) is 23.4 Å². The summed E-state index contributed by atoms with van der Waals surface area (Å²) in [6.45, 7) is 4.01. The normalized spacial score (nSPS) is 10.7. The zero-order valence-electron chi connectivity index (χ0n) is 9.34. The van der Waals surface area contributed by atoms with Gasteiger partial charge in [-0.2, -0.15) is 0 Å². The highest BCUT2D eigenvalue weighted by Gasteiger charge is 2.10. The number of aromatic amines is 1. The van der Waals surface area contributed by atoms with Crippen molar-refractivity contribution in [2.45, 2.75) is 20.3 Å². The number of halogens is 1. The fourth-order valence-corrected chi connectivity index (χ4v) is 1.72. The summed E-state index contributed by atoms with van der Waals surface area (Å²) < 4.78 is 12.9. The fourth-order valence-electron chi connectivity index (χ4n) is 1.72. The molecule has 1 heterocycles. The predicted molar refractivity (Wildman–Crippen MR) is 62.5 cm³/mol. The molecule has 0 atom stereocenters. The van der Waals surface area contributed by atoms with Gasteiger partial charge in [-0.15, -0.1) is 0 Å². The minimum Gasteiger partial charge on any atom is -0.398 e. The Morgan fingerprint density at radius 2 is 2.19 bits per heavy atom. The minimum absolute atomic E-state index is 0.333. The zero-order chi connectivity index (χ0) is 11.7. The molecule has 0 aliphatic rings. The molecule has 0 unspecified atom stereocenters. The van der Waals surface area contributed by atoms with Crippen molar-refractivity contribution in [1.82, 2.24) is 9.97 Å².